The fourth-order valence-electron chi connectivity index (χ4n) is 17.4. The van der Waals surface area contributed by atoms with Gasteiger partial charge in [-0.3, -0.25) is 4.79 Å². The number of benzene rings is 6. The van der Waals surface area contributed by atoms with E-state index in [0.717, 1.165) is 33.4 Å². The van der Waals surface area contributed by atoms with Gasteiger partial charge in [-0.15, -0.1) is 0 Å². The number of ether oxygens (including phenoxy) is 21. The van der Waals surface area contributed by atoms with Crippen LogP contribution in [0.15, 0.2) is 182 Å². The quantitative estimate of drug-likeness (QED) is 0.0418. The zero-order valence-electron chi connectivity index (χ0n) is 64.3. The van der Waals surface area contributed by atoms with Crippen LogP contribution < -0.4 is 0 Å². The zero-order chi connectivity index (χ0) is 75.6. The average molecular weight is 1510 g/mol. The van der Waals surface area contributed by atoms with E-state index in [2.05, 4.69) is 39.8 Å². The molecule has 0 radical (unpaired) electrons. The summed E-state index contributed by atoms with van der Waals surface area (Å²) in [5.74, 6) is -4.32. The highest BCUT2D eigenvalue weighted by Gasteiger charge is 2.72. The zero-order valence-corrected chi connectivity index (χ0v) is 64.3. The van der Waals surface area contributed by atoms with E-state index in [4.69, 9.17) is 99.5 Å². The number of esters is 1. The van der Waals surface area contributed by atoms with Crippen LogP contribution >= 0.6 is 0 Å². The van der Waals surface area contributed by atoms with Crippen molar-refractivity contribution in [3.05, 3.63) is 215 Å². The lowest BCUT2D eigenvalue weighted by atomic mass is 9.70. The predicted octanol–water partition coefficient (Wildman–Crippen LogP) is 12.5. The summed E-state index contributed by atoms with van der Waals surface area (Å²) in [5.41, 5.74) is 3.28. The van der Waals surface area contributed by atoms with Crippen LogP contribution in [0.4, 0.5) is 0 Å². The average Bonchev–Trinajstić information content (AvgIpc) is 1.55. The van der Waals surface area contributed by atoms with Crippen LogP contribution in [0.2, 0.25) is 0 Å². The molecule has 9 heterocycles. The van der Waals surface area contributed by atoms with Gasteiger partial charge < -0.3 is 99.5 Å². The van der Waals surface area contributed by atoms with Crippen molar-refractivity contribution < 1.29 is 104 Å². The van der Waals surface area contributed by atoms with Crippen LogP contribution in [0.1, 0.15) is 116 Å². The minimum atomic E-state index is -1.51. The molecule has 22 heteroatoms. The summed E-state index contributed by atoms with van der Waals surface area (Å²) < 4.78 is 148. The molecule has 9 aliphatic rings. The highest BCUT2D eigenvalue weighted by molar-refractivity contribution is 5.66. The molecular weight excluding hydrogens is 1400 g/mol. The van der Waals surface area contributed by atoms with E-state index in [1.165, 1.54) is 6.92 Å². The third-order valence-corrected chi connectivity index (χ3v) is 23.3. The van der Waals surface area contributed by atoms with Gasteiger partial charge in [0.15, 0.2) is 42.7 Å². The Labute approximate surface area is 640 Å². The molecule has 22 nitrogen and oxygen atoms in total. The van der Waals surface area contributed by atoms with Gasteiger partial charge in [0, 0.05) is 36.2 Å². The fraction of sp³-hybridized carbons (Fsp3) is 0.575. The minimum absolute atomic E-state index is 0.0119. The highest BCUT2D eigenvalue weighted by atomic mass is 16.9. The predicted molar refractivity (Wildman–Crippen MR) is 395 cm³/mol. The Hall–Kier alpha value is -6.01. The van der Waals surface area contributed by atoms with Crippen LogP contribution in [0.3, 0.4) is 0 Å². The van der Waals surface area contributed by atoms with Crippen LogP contribution in [0.5, 0.6) is 0 Å². The van der Waals surface area contributed by atoms with Gasteiger partial charge in [0.25, 0.3) is 0 Å². The molecule has 15 rings (SSSR count). The molecule has 0 amide bonds. The molecule has 9 aliphatic heterocycles. The number of rotatable bonds is 28. The van der Waals surface area contributed by atoms with E-state index in [9.17, 15) is 4.79 Å². The molecule has 0 N–H and O–H groups in total. The van der Waals surface area contributed by atoms with E-state index in [1.807, 2.05) is 211 Å². The molecule has 0 spiro atoms. The van der Waals surface area contributed by atoms with Crippen molar-refractivity contribution in [1.29, 1.82) is 0 Å². The normalized spacial score (nSPS) is 39.5. The second kappa shape index (κ2) is 34.0. The van der Waals surface area contributed by atoms with Crippen molar-refractivity contribution in [2.75, 3.05) is 33.0 Å². The maximum Gasteiger partial charge on any atom is 0.303 e. The maximum atomic E-state index is 13.1. The topological polar surface area (TPSA) is 211 Å². The third-order valence-electron chi connectivity index (χ3n) is 23.3. The Bertz CT molecular complexity index is 3850. The second-order valence-corrected chi connectivity index (χ2v) is 31.8. The highest BCUT2D eigenvalue weighted by Crippen LogP contribution is 2.55. The molecular formula is C87H108O22. The fourth-order valence-corrected chi connectivity index (χ4v) is 17.4. The first-order valence-electron chi connectivity index (χ1n) is 39.0. The molecule has 6 aromatic carbocycles. The van der Waals surface area contributed by atoms with Gasteiger partial charge in [-0.1, -0.05) is 210 Å². The number of fused-ring (bicyclic) bond motifs is 3. The molecule has 9 fully saturated rings. The minimum Gasteiger partial charge on any atom is -0.457 e. The monoisotopic (exact) mass is 1500 g/mol. The molecule has 11 unspecified atom stereocenters. The maximum absolute atomic E-state index is 13.1. The second-order valence-electron chi connectivity index (χ2n) is 31.8. The third kappa shape index (κ3) is 16.9. The lowest BCUT2D eigenvalue weighted by Crippen LogP contribution is -2.80. The Morgan fingerprint density at radius 3 is 1.56 bits per heavy atom. The first-order chi connectivity index (χ1) is 52.7. The molecule has 0 bridgehead atoms. The van der Waals surface area contributed by atoms with Gasteiger partial charge in [0.05, 0.1) is 108 Å². The van der Waals surface area contributed by atoms with Crippen LogP contribution in [-0.4, -0.2) is 184 Å². The smallest absolute Gasteiger partial charge is 0.303 e. The Balaban J connectivity index is 0.781. The van der Waals surface area contributed by atoms with Gasteiger partial charge >= 0.3 is 5.97 Å². The van der Waals surface area contributed by atoms with E-state index >= 15 is 0 Å². The molecule has 28 atom stereocenters. The van der Waals surface area contributed by atoms with E-state index in [0.29, 0.717) is 13.2 Å². The van der Waals surface area contributed by atoms with Crippen molar-refractivity contribution in [2.24, 2.45) is 23.7 Å². The van der Waals surface area contributed by atoms with Gasteiger partial charge in [-0.25, -0.2) is 0 Å². The summed E-state index contributed by atoms with van der Waals surface area (Å²) >= 11 is 0. The first-order valence-corrected chi connectivity index (χ1v) is 39.0. The van der Waals surface area contributed by atoms with Crippen molar-refractivity contribution in [1.82, 2.24) is 0 Å². The van der Waals surface area contributed by atoms with Crippen molar-refractivity contribution in [3.63, 3.8) is 0 Å². The molecule has 109 heavy (non-hydrogen) atoms. The summed E-state index contributed by atoms with van der Waals surface area (Å²) in [6, 6.07) is 60.1. The lowest BCUT2D eigenvalue weighted by molar-refractivity contribution is -0.427. The largest absolute Gasteiger partial charge is 0.457 e. The SMILES string of the molecule is CC(=O)O[C@H]1C(C)O[C@@H]2[C@H](OC2(C)[C@@H]2OC(C)[C@H](O[C@@H]3OC[C@@H](C)C(O[C@@]45COCC4(COCc4ccccc4)O[C@@H](c4ccccc4)O5)[C@H]3OCc3ccccc3)C(O[C@@H]3OC(COCc4ccccc4)[C@@H](OCc4ccccc4)C(OCc4ccccc4)[C@H]3C)[C@@H]2C)C1O[C@@H]1OC(C)[C@H](C)[C@@H]2OC(C)(C)OC12. The van der Waals surface area contributed by atoms with E-state index < -0.39 is 157 Å². The van der Waals surface area contributed by atoms with Crippen molar-refractivity contribution >= 4 is 5.97 Å². The van der Waals surface area contributed by atoms with Gasteiger partial charge in [-0.05, 0) is 69.4 Å². The Morgan fingerprint density at radius 2 is 0.954 bits per heavy atom. The molecule has 0 aliphatic carbocycles. The summed E-state index contributed by atoms with van der Waals surface area (Å²) in [6.45, 7) is 23.3. The van der Waals surface area contributed by atoms with Gasteiger partial charge in [0.2, 0.25) is 5.79 Å². The summed E-state index contributed by atoms with van der Waals surface area (Å²) in [5, 5.41) is 0. The first kappa shape index (κ1) is 78.3. The summed E-state index contributed by atoms with van der Waals surface area (Å²) in [4.78, 5) is 13.1. The standard InChI is InChI=1S/C87H108O22/c1-52-42-95-82(76(94-47-64-38-26-16-27-39-64)67(52)107-87-51-91-50-86(87,49-90-44-61-32-20-13-21-33-61)108-81(109-87)65-40-28-17-29-41-65)102-71-57(6)96-78(85(11)79-75(106-85)74(72(58(7)97-79)99-59(8)88)103-83-77-70(53(2)56(5)98-83)104-84(9,10)105-77)54(3)69(71)101-80-55(4)68(92-45-62-34-22-14-23-35-62)73(93-46-63-36-24-15-25-37-63)66(100-80)48-89-43-60-30-18-12-19-31-60/h12-41,52-58,66-83H,42-51H2,1-11H3/t52-,53+,54+,55-,56?,57?,58?,66?,67?,68?,69?,70+,71+,72+,73-,74?,75-,76-,77?,78-,79-,80+,81-,82+,83+,85?,86?,87-/m1/s1. The van der Waals surface area contributed by atoms with Crippen LogP contribution in [0, 0.1) is 23.7 Å². The van der Waals surface area contributed by atoms with Gasteiger partial charge in [-0.2, -0.15) is 0 Å². The van der Waals surface area contributed by atoms with Gasteiger partial charge in [0.1, 0.15) is 61.0 Å². The number of hydrogen-bond acceptors (Lipinski definition) is 22. The number of carbonyl (C=O) groups is 1. The molecule has 6 aromatic rings. The molecule has 0 aromatic heterocycles. The van der Waals surface area contributed by atoms with Crippen LogP contribution in [0.25, 0.3) is 0 Å². The number of hydrogen-bond donors (Lipinski definition) is 0. The molecule has 0 saturated carbocycles. The van der Waals surface area contributed by atoms with E-state index in [-0.39, 0.29) is 76.9 Å². The van der Waals surface area contributed by atoms with Crippen LogP contribution in [-0.2, 0) is 137 Å². The Kier molecular flexibility index (Phi) is 24.4. The summed E-state index contributed by atoms with van der Waals surface area (Å²) in [6.07, 6.45) is -16.0. The lowest BCUT2D eigenvalue weighted by Gasteiger charge is -2.64. The number of carbonyl (C=O) groups excluding carboxylic acids is 1. The van der Waals surface area contributed by atoms with Crippen molar-refractivity contribution in [2.45, 2.75) is 261 Å². The van der Waals surface area contributed by atoms with E-state index in [1.54, 1.807) is 0 Å². The molecule has 9 saturated heterocycles. The summed E-state index contributed by atoms with van der Waals surface area (Å²) in [7, 11) is 0. The van der Waals surface area contributed by atoms with Crippen molar-refractivity contribution in [3.8, 4) is 0 Å². The molecule has 588 valence electrons. The Morgan fingerprint density at radius 1 is 0.431 bits per heavy atom.